The number of anilines is 1. The fraction of sp³-hybridized carbons (Fsp3) is 0.476. The summed E-state index contributed by atoms with van der Waals surface area (Å²) in [4.78, 5) is 28.2. The summed E-state index contributed by atoms with van der Waals surface area (Å²) in [5, 5.41) is 3.91. The number of likely N-dealkylation sites (tertiary alicyclic amines) is 1. The Labute approximate surface area is 164 Å². The van der Waals surface area contributed by atoms with Gasteiger partial charge in [-0.05, 0) is 38.0 Å². The van der Waals surface area contributed by atoms with Crippen molar-refractivity contribution in [3.05, 3.63) is 46.8 Å². The van der Waals surface area contributed by atoms with Crippen LogP contribution in [0.15, 0.2) is 28.8 Å². The van der Waals surface area contributed by atoms with Crippen molar-refractivity contribution in [2.75, 3.05) is 31.1 Å². The maximum absolute atomic E-state index is 12.9. The average Bonchev–Trinajstić information content (AvgIpc) is 3.33. The number of hydrogen-bond acceptors (Lipinski definition) is 5. The van der Waals surface area contributed by atoms with Crippen LogP contribution in [0.3, 0.4) is 0 Å². The Morgan fingerprint density at radius 2 is 1.89 bits per heavy atom. The molecule has 7 heteroatoms. The SMILES string of the molecule is Cc1noc(C)c1C(=O)N1CC2CN(c3cccc(CCC(N)=O)c3)CC2C1. The highest BCUT2D eigenvalue weighted by Crippen LogP contribution is 2.35. The zero-order valence-electron chi connectivity index (χ0n) is 16.4. The first-order chi connectivity index (χ1) is 13.4. The van der Waals surface area contributed by atoms with Crippen LogP contribution in [0.5, 0.6) is 0 Å². The van der Waals surface area contributed by atoms with Gasteiger partial charge in [-0.2, -0.15) is 0 Å². The van der Waals surface area contributed by atoms with Crippen LogP contribution in [0.25, 0.3) is 0 Å². The number of rotatable bonds is 5. The van der Waals surface area contributed by atoms with Crippen molar-refractivity contribution < 1.29 is 14.1 Å². The van der Waals surface area contributed by atoms with Gasteiger partial charge in [0.05, 0.1) is 5.69 Å². The zero-order valence-corrected chi connectivity index (χ0v) is 16.4. The summed E-state index contributed by atoms with van der Waals surface area (Å²) in [5.41, 5.74) is 8.84. The average molecular weight is 382 g/mol. The maximum Gasteiger partial charge on any atom is 0.259 e. The molecule has 4 rings (SSSR count). The third-order valence-electron chi connectivity index (χ3n) is 5.96. The fourth-order valence-electron chi connectivity index (χ4n) is 4.49. The molecule has 2 saturated heterocycles. The summed E-state index contributed by atoms with van der Waals surface area (Å²) in [6, 6.07) is 8.33. The molecule has 148 valence electrons. The molecule has 2 fully saturated rings. The van der Waals surface area contributed by atoms with E-state index in [0.29, 0.717) is 41.7 Å². The summed E-state index contributed by atoms with van der Waals surface area (Å²) < 4.78 is 5.16. The molecule has 28 heavy (non-hydrogen) atoms. The Kier molecular flexibility index (Phi) is 4.83. The van der Waals surface area contributed by atoms with Crippen molar-refractivity contribution in [1.29, 1.82) is 0 Å². The lowest BCUT2D eigenvalue weighted by Crippen LogP contribution is -2.33. The highest BCUT2D eigenvalue weighted by molar-refractivity contribution is 5.96. The van der Waals surface area contributed by atoms with E-state index in [2.05, 4.69) is 22.2 Å². The largest absolute Gasteiger partial charge is 0.371 e. The summed E-state index contributed by atoms with van der Waals surface area (Å²) in [5.74, 6) is 1.29. The Bertz CT molecular complexity index is 873. The van der Waals surface area contributed by atoms with Gasteiger partial charge < -0.3 is 20.1 Å². The number of hydrogen-bond donors (Lipinski definition) is 1. The quantitative estimate of drug-likeness (QED) is 0.853. The number of carbonyl (C=O) groups excluding carboxylic acids is 2. The number of primary amides is 1. The minimum Gasteiger partial charge on any atom is -0.371 e. The van der Waals surface area contributed by atoms with Gasteiger partial charge in [-0.1, -0.05) is 17.3 Å². The van der Waals surface area contributed by atoms with E-state index < -0.39 is 0 Å². The van der Waals surface area contributed by atoms with Crippen LogP contribution >= 0.6 is 0 Å². The molecule has 2 unspecified atom stereocenters. The van der Waals surface area contributed by atoms with E-state index in [9.17, 15) is 9.59 Å². The molecule has 0 spiro atoms. The summed E-state index contributed by atoms with van der Waals surface area (Å²) in [6.07, 6.45) is 1.04. The van der Waals surface area contributed by atoms with Gasteiger partial charge in [0.2, 0.25) is 5.91 Å². The van der Waals surface area contributed by atoms with E-state index in [1.54, 1.807) is 6.92 Å². The van der Waals surface area contributed by atoms with Crippen molar-refractivity contribution in [2.24, 2.45) is 17.6 Å². The third kappa shape index (κ3) is 3.48. The molecule has 2 aliphatic rings. The number of amides is 2. The van der Waals surface area contributed by atoms with Crippen molar-refractivity contribution in [3.63, 3.8) is 0 Å². The number of nitrogens with zero attached hydrogens (tertiary/aromatic N) is 3. The van der Waals surface area contributed by atoms with E-state index in [0.717, 1.165) is 31.7 Å². The minimum atomic E-state index is -0.274. The number of aromatic nitrogens is 1. The smallest absolute Gasteiger partial charge is 0.259 e. The molecule has 2 aromatic rings. The van der Waals surface area contributed by atoms with E-state index in [-0.39, 0.29) is 11.8 Å². The number of carbonyl (C=O) groups is 2. The van der Waals surface area contributed by atoms with Crippen molar-refractivity contribution in [2.45, 2.75) is 26.7 Å². The van der Waals surface area contributed by atoms with Crippen LogP contribution < -0.4 is 10.6 Å². The molecule has 2 amide bonds. The first-order valence-corrected chi connectivity index (χ1v) is 9.76. The van der Waals surface area contributed by atoms with Gasteiger partial charge in [0.15, 0.2) is 0 Å². The van der Waals surface area contributed by atoms with Crippen molar-refractivity contribution >= 4 is 17.5 Å². The molecule has 0 bridgehead atoms. The van der Waals surface area contributed by atoms with Crippen LogP contribution in [0.2, 0.25) is 0 Å². The lowest BCUT2D eigenvalue weighted by Gasteiger charge is -2.23. The number of aryl methyl sites for hydroxylation is 3. The second kappa shape index (κ2) is 7.30. The lowest BCUT2D eigenvalue weighted by atomic mass is 10.0. The van der Waals surface area contributed by atoms with Gasteiger partial charge in [0.25, 0.3) is 5.91 Å². The zero-order chi connectivity index (χ0) is 19.8. The second-order valence-corrected chi connectivity index (χ2v) is 7.97. The molecule has 1 aromatic carbocycles. The van der Waals surface area contributed by atoms with E-state index in [1.165, 1.54) is 5.69 Å². The molecule has 3 heterocycles. The fourth-order valence-corrected chi connectivity index (χ4v) is 4.49. The van der Waals surface area contributed by atoms with E-state index in [1.807, 2.05) is 24.0 Å². The van der Waals surface area contributed by atoms with Gasteiger partial charge in [-0.15, -0.1) is 0 Å². The third-order valence-corrected chi connectivity index (χ3v) is 5.96. The first kappa shape index (κ1) is 18.5. The van der Waals surface area contributed by atoms with Crippen LogP contribution in [-0.2, 0) is 11.2 Å². The molecule has 0 saturated carbocycles. The molecule has 2 aliphatic heterocycles. The molecule has 2 atom stereocenters. The standard InChI is InChI=1S/C21H26N4O3/c1-13-20(14(2)28-23-13)21(27)25-11-16-9-24(10-17(16)12-25)18-5-3-4-15(8-18)6-7-19(22)26/h3-5,8,16-17H,6-7,9-12H2,1-2H3,(H2,22,26). The van der Waals surface area contributed by atoms with Gasteiger partial charge in [0.1, 0.15) is 11.3 Å². The second-order valence-electron chi connectivity index (χ2n) is 7.97. The molecule has 0 radical (unpaired) electrons. The summed E-state index contributed by atoms with van der Waals surface area (Å²) in [6.45, 7) is 7.02. The predicted molar refractivity (Wildman–Crippen MR) is 105 cm³/mol. The Morgan fingerprint density at radius 3 is 2.50 bits per heavy atom. The lowest BCUT2D eigenvalue weighted by molar-refractivity contribution is -0.117. The Balaban J connectivity index is 1.40. The van der Waals surface area contributed by atoms with E-state index >= 15 is 0 Å². The van der Waals surface area contributed by atoms with Gasteiger partial charge in [-0.3, -0.25) is 9.59 Å². The topological polar surface area (TPSA) is 92.7 Å². The molecular formula is C21H26N4O3. The summed E-state index contributed by atoms with van der Waals surface area (Å²) in [7, 11) is 0. The summed E-state index contributed by atoms with van der Waals surface area (Å²) >= 11 is 0. The predicted octanol–water partition coefficient (Wildman–Crippen LogP) is 1.92. The first-order valence-electron chi connectivity index (χ1n) is 9.76. The van der Waals surface area contributed by atoms with Gasteiger partial charge in [0, 0.05) is 50.1 Å². The van der Waals surface area contributed by atoms with Gasteiger partial charge in [-0.25, -0.2) is 0 Å². The molecule has 1 aromatic heterocycles. The van der Waals surface area contributed by atoms with Gasteiger partial charge >= 0.3 is 0 Å². The van der Waals surface area contributed by atoms with Crippen molar-refractivity contribution in [3.8, 4) is 0 Å². The van der Waals surface area contributed by atoms with Crippen LogP contribution in [0.4, 0.5) is 5.69 Å². The Morgan fingerprint density at radius 1 is 1.18 bits per heavy atom. The molecule has 7 nitrogen and oxygen atoms in total. The van der Waals surface area contributed by atoms with Crippen molar-refractivity contribution in [1.82, 2.24) is 10.1 Å². The number of fused-ring (bicyclic) bond motifs is 1. The van der Waals surface area contributed by atoms with Crippen LogP contribution in [-0.4, -0.2) is 48.0 Å². The highest BCUT2D eigenvalue weighted by atomic mass is 16.5. The molecule has 0 aliphatic carbocycles. The minimum absolute atomic E-state index is 0.0330. The number of nitrogens with two attached hydrogens (primary N) is 1. The monoisotopic (exact) mass is 382 g/mol. The molecular weight excluding hydrogens is 356 g/mol. The highest BCUT2D eigenvalue weighted by Gasteiger charge is 2.42. The molecule has 2 N–H and O–H groups in total. The van der Waals surface area contributed by atoms with E-state index in [4.69, 9.17) is 10.3 Å². The van der Waals surface area contributed by atoms with Crippen LogP contribution in [0, 0.1) is 25.7 Å². The maximum atomic E-state index is 12.9. The number of benzene rings is 1. The normalized spacial score (nSPS) is 21.2. The Hall–Kier alpha value is -2.83. The van der Waals surface area contributed by atoms with Crippen LogP contribution in [0.1, 0.15) is 33.8 Å².